The number of hydrogen-bond acceptors (Lipinski definition) is 7. The molecular formula is C17H16F3NO7S. The van der Waals surface area contributed by atoms with Crippen molar-refractivity contribution in [3.8, 4) is 17.2 Å². The largest absolute Gasteiger partial charge is 0.573 e. The molecule has 0 saturated carbocycles. The van der Waals surface area contributed by atoms with Crippen LogP contribution in [0.3, 0.4) is 0 Å². The van der Waals surface area contributed by atoms with Crippen LogP contribution in [-0.4, -0.2) is 42.1 Å². The van der Waals surface area contributed by atoms with E-state index < -0.39 is 33.0 Å². The van der Waals surface area contributed by atoms with E-state index >= 15 is 0 Å². The van der Waals surface area contributed by atoms with Crippen LogP contribution in [0.5, 0.6) is 17.2 Å². The minimum Gasteiger partial charge on any atom is -0.493 e. The molecule has 29 heavy (non-hydrogen) atoms. The molecule has 1 N–H and O–H groups in total. The van der Waals surface area contributed by atoms with Crippen LogP contribution in [0.1, 0.15) is 10.4 Å². The van der Waals surface area contributed by atoms with Crippen molar-refractivity contribution in [2.45, 2.75) is 11.3 Å². The molecule has 2 rings (SSSR count). The summed E-state index contributed by atoms with van der Waals surface area (Å²) in [5, 5.41) is 0. The number of esters is 1. The zero-order chi connectivity index (χ0) is 21.8. The van der Waals surface area contributed by atoms with Crippen LogP contribution in [0.2, 0.25) is 0 Å². The third kappa shape index (κ3) is 5.44. The van der Waals surface area contributed by atoms with Crippen molar-refractivity contribution in [3.05, 3.63) is 42.0 Å². The van der Waals surface area contributed by atoms with Gasteiger partial charge in [0.1, 0.15) is 5.75 Å². The number of hydrogen-bond donors (Lipinski definition) is 1. The molecule has 0 aliphatic heterocycles. The highest BCUT2D eigenvalue weighted by Gasteiger charge is 2.31. The summed E-state index contributed by atoms with van der Waals surface area (Å²) in [4.78, 5) is 11.5. The monoisotopic (exact) mass is 435 g/mol. The average Bonchev–Trinajstić information content (AvgIpc) is 2.65. The number of sulfonamides is 1. The lowest BCUT2D eigenvalue weighted by Crippen LogP contribution is -2.19. The fraction of sp³-hybridized carbons (Fsp3) is 0.235. The van der Waals surface area contributed by atoms with E-state index in [0.717, 1.165) is 25.3 Å². The van der Waals surface area contributed by atoms with Gasteiger partial charge in [-0.25, -0.2) is 13.2 Å². The number of alkyl halides is 3. The van der Waals surface area contributed by atoms with E-state index in [0.29, 0.717) is 6.07 Å². The van der Waals surface area contributed by atoms with Gasteiger partial charge in [0, 0.05) is 18.2 Å². The van der Waals surface area contributed by atoms with Gasteiger partial charge < -0.3 is 18.9 Å². The lowest BCUT2D eigenvalue weighted by Gasteiger charge is -2.16. The predicted octanol–water partition coefficient (Wildman–Crippen LogP) is 3.19. The van der Waals surface area contributed by atoms with Crippen molar-refractivity contribution in [3.63, 3.8) is 0 Å². The van der Waals surface area contributed by atoms with Crippen molar-refractivity contribution in [2.75, 3.05) is 26.1 Å². The normalized spacial score (nSPS) is 11.5. The molecule has 0 amide bonds. The fourth-order valence-corrected chi connectivity index (χ4v) is 3.39. The van der Waals surface area contributed by atoms with Gasteiger partial charge in [0.25, 0.3) is 10.0 Å². The van der Waals surface area contributed by atoms with Crippen molar-refractivity contribution < 1.29 is 45.3 Å². The highest BCUT2D eigenvalue weighted by Crippen LogP contribution is 2.35. The van der Waals surface area contributed by atoms with Crippen LogP contribution in [0.15, 0.2) is 41.3 Å². The number of anilines is 1. The molecule has 0 bridgehead atoms. The quantitative estimate of drug-likeness (QED) is 0.667. The Labute approximate surface area is 164 Å². The number of carbonyl (C=O) groups is 1. The van der Waals surface area contributed by atoms with E-state index in [4.69, 9.17) is 9.47 Å². The van der Waals surface area contributed by atoms with E-state index in [-0.39, 0.29) is 22.7 Å². The maximum absolute atomic E-state index is 12.7. The summed E-state index contributed by atoms with van der Waals surface area (Å²) in [6.07, 6.45) is -4.99. The standard InChI is InChI=1S/C17H16F3NO7S/c1-25-14-8-12(16(22)27-3)13(9-15(14)26-2)21-29(23,24)11-6-4-5-10(7-11)28-17(18,19)20/h4-9,21H,1-3H3. The van der Waals surface area contributed by atoms with Gasteiger partial charge in [-0.1, -0.05) is 6.07 Å². The van der Waals surface area contributed by atoms with Gasteiger partial charge in [0.05, 0.1) is 37.5 Å². The second-order valence-electron chi connectivity index (χ2n) is 5.37. The Bertz CT molecular complexity index is 1010. The zero-order valence-electron chi connectivity index (χ0n) is 15.4. The molecule has 0 aliphatic rings. The summed E-state index contributed by atoms with van der Waals surface area (Å²) >= 11 is 0. The Balaban J connectivity index is 2.49. The van der Waals surface area contributed by atoms with Crippen molar-refractivity contribution in [1.82, 2.24) is 0 Å². The van der Waals surface area contributed by atoms with Gasteiger partial charge in [-0.05, 0) is 12.1 Å². The summed E-state index contributed by atoms with van der Waals surface area (Å²) < 4.78 is 83.1. The van der Waals surface area contributed by atoms with Gasteiger partial charge in [0.15, 0.2) is 11.5 Å². The zero-order valence-corrected chi connectivity index (χ0v) is 16.2. The smallest absolute Gasteiger partial charge is 0.493 e. The number of halogens is 3. The number of rotatable bonds is 7. The van der Waals surface area contributed by atoms with Crippen molar-refractivity contribution in [2.24, 2.45) is 0 Å². The van der Waals surface area contributed by atoms with Crippen molar-refractivity contribution in [1.29, 1.82) is 0 Å². The van der Waals surface area contributed by atoms with Crippen LogP contribution in [0, 0.1) is 0 Å². The molecular weight excluding hydrogens is 419 g/mol. The summed E-state index contributed by atoms with van der Waals surface area (Å²) in [5.41, 5.74) is -0.423. The first-order chi connectivity index (χ1) is 13.5. The molecule has 0 radical (unpaired) electrons. The molecule has 2 aromatic rings. The second-order valence-corrected chi connectivity index (χ2v) is 7.05. The van der Waals surface area contributed by atoms with E-state index in [1.165, 1.54) is 26.4 Å². The van der Waals surface area contributed by atoms with Gasteiger partial charge in [-0.2, -0.15) is 0 Å². The van der Waals surface area contributed by atoms with E-state index in [1.54, 1.807) is 0 Å². The lowest BCUT2D eigenvalue weighted by molar-refractivity contribution is -0.274. The molecule has 0 spiro atoms. The van der Waals surface area contributed by atoms with Crippen molar-refractivity contribution >= 4 is 21.7 Å². The third-order valence-electron chi connectivity index (χ3n) is 3.52. The molecule has 0 atom stereocenters. The van der Waals surface area contributed by atoms with Gasteiger partial charge in [-0.3, -0.25) is 4.72 Å². The lowest BCUT2D eigenvalue weighted by atomic mass is 10.1. The minimum atomic E-state index is -4.99. The Morgan fingerprint density at radius 1 is 1.00 bits per heavy atom. The van der Waals surface area contributed by atoms with Crippen LogP contribution < -0.4 is 18.9 Å². The van der Waals surface area contributed by atoms with E-state index in [9.17, 15) is 26.4 Å². The maximum atomic E-state index is 12.7. The van der Waals surface area contributed by atoms with Gasteiger partial charge in [-0.15, -0.1) is 13.2 Å². The van der Waals surface area contributed by atoms with Crippen LogP contribution in [0.25, 0.3) is 0 Å². The number of methoxy groups -OCH3 is 3. The topological polar surface area (TPSA) is 100 Å². The summed E-state index contributed by atoms with van der Waals surface area (Å²) in [5.74, 6) is -1.36. The Hall–Kier alpha value is -3.15. The minimum absolute atomic E-state index is 0.104. The number of benzene rings is 2. The number of nitrogens with one attached hydrogen (secondary N) is 1. The first-order valence-corrected chi connectivity index (χ1v) is 9.22. The summed E-state index contributed by atoms with van der Waals surface area (Å²) in [6.45, 7) is 0. The first-order valence-electron chi connectivity index (χ1n) is 7.73. The number of carbonyl (C=O) groups excluding carboxylic acids is 1. The Kier molecular flexibility index (Phi) is 6.47. The molecule has 0 saturated heterocycles. The molecule has 0 unspecified atom stereocenters. The molecule has 0 aliphatic carbocycles. The average molecular weight is 435 g/mol. The highest BCUT2D eigenvalue weighted by molar-refractivity contribution is 7.92. The predicted molar refractivity (Wildman–Crippen MR) is 94.8 cm³/mol. The Morgan fingerprint density at radius 3 is 2.17 bits per heavy atom. The number of ether oxygens (including phenoxy) is 4. The second kappa shape index (κ2) is 8.47. The van der Waals surface area contributed by atoms with Crippen LogP contribution >= 0.6 is 0 Å². The van der Waals surface area contributed by atoms with Crippen LogP contribution in [-0.2, 0) is 14.8 Å². The molecule has 0 heterocycles. The molecule has 8 nitrogen and oxygen atoms in total. The maximum Gasteiger partial charge on any atom is 0.573 e. The summed E-state index contributed by atoms with van der Waals surface area (Å²) in [6, 6.07) is 6.15. The third-order valence-corrected chi connectivity index (χ3v) is 4.89. The van der Waals surface area contributed by atoms with E-state index in [2.05, 4.69) is 14.2 Å². The highest BCUT2D eigenvalue weighted by atomic mass is 32.2. The van der Waals surface area contributed by atoms with Gasteiger partial charge in [0.2, 0.25) is 0 Å². The van der Waals surface area contributed by atoms with Gasteiger partial charge >= 0.3 is 12.3 Å². The van der Waals surface area contributed by atoms with Crippen LogP contribution in [0.4, 0.5) is 18.9 Å². The molecule has 2 aromatic carbocycles. The van der Waals surface area contributed by atoms with E-state index in [1.807, 2.05) is 0 Å². The molecule has 12 heteroatoms. The Morgan fingerprint density at radius 2 is 1.62 bits per heavy atom. The SMILES string of the molecule is COC(=O)c1cc(OC)c(OC)cc1NS(=O)(=O)c1cccc(OC(F)(F)F)c1. The summed E-state index contributed by atoms with van der Waals surface area (Å²) in [7, 11) is -0.697. The fourth-order valence-electron chi connectivity index (χ4n) is 2.28. The molecule has 0 aromatic heterocycles. The molecule has 158 valence electrons. The molecule has 0 fully saturated rings. The first kappa shape index (κ1) is 22.1.